The van der Waals surface area contributed by atoms with E-state index in [1.807, 2.05) is 0 Å². The van der Waals surface area contributed by atoms with Gasteiger partial charge >= 0.3 is 23.9 Å². The number of hydrogen-bond acceptors (Lipinski definition) is 6. The third-order valence-electron chi connectivity index (χ3n) is 4.18. The third kappa shape index (κ3) is 2.60. The molecule has 0 bridgehead atoms. The number of carbonyl (C=O) groups excluding carboxylic acids is 2. The Morgan fingerprint density at radius 3 is 1.07 bits per heavy atom. The second-order valence-electron chi connectivity index (χ2n) is 5.76. The molecule has 1 aliphatic carbocycles. The summed E-state index contributed by atoms with van der Waals surface area (Å²) < 4.78 is 0. The van der Waals surface area contributed by atoms with Crippen LogP contribution in [0.5, 0.6) is 0 Å². The minimum atomic E-state index is -1.95. The zero-order chi connectivity index (χ0) is 20.9. The van der Waals surface area contributed by atoms with Crippen LogP contribution in [0.1, 0.15) is 41.4 Å². The van der Waals surface area contributed by atoms with Crippen molar-refractivity contribution in [3.05, 3.63) is 44.8 Å². The minimum Gasteiger partial charge on any atom is -0.478 e. The number of fused-ring (bicyclic) bond motifs is 2. The van der Waals surface area contributed by atoms with Gasteiger partial charge in [-0.05, 0) is 45.5 Å². The van der Waals surface area contributed by atoms with Crippen molar-refractivity contribution in [3.8, 4) is 0 Å². The Morgan fingerprint density at radius 1 is 0.536 bits per heavy atom. The Labute approximate surface area is 153 Å². The van der Waals surface area contributed by atoms with Gasteiger partial charge in [-0.25, -0.2) is 19.2 Å². The van der Waals surface area contributed by atoms with Crippen LogP contribution in [0.3, 0.4) is 0 Å². The fourth-order valence-electron chi connectivity index (χ4n) is 3.11. The first-order valence-corrected chi connectivity index (χ1v) is 7.43. The number of hydrogen-bond donors (Lipinski definition) is 4. The Balaban J connectivity index is 2.75. The lowest BCUT2D eigenvalue weighted by Crippen LogP contribution is -2.34. The van der Waals surface area contributed by atoms with Gasteiger partial charge in [-0.2, -0.15) is 0 Å². The van der Waals surface area contributed by atoms with E-state index in [0.29, 0.717) is 0 Å². The van der Waals surface area contributed by atoms with Crippen molar-refractivity contribution in [3.63, 3.8) is 0 Å². The normalized spacial score (nSPS) is 12.7. The van der Waals surface area contributed by atoms with Gasteiger partial charge < -0.3 is 20.4 Å². The van der Waals surface area contributed by atoms with Crippen molar-refractivity contribution in [2.24, 2.45) is 0 Å². The van der Waals surface area contributed by atoms with Crippen molar-refractivity contribution < 1.29 is 49.2 Å². The average Bonchev–Trinajstić information content (AvgIpc) is 2.58. The molecule has 0 atom stereocenters. The number of carboxylic acids is 4. The molecule has 0 spiro atoms. The van der Waals surface area contributed by atoms with E-state index in [4.69, 9.17) is 0 Å². The summed E-state index contributed by atoms with van der Waals surface area (Å²) in [7, 11) is 0. The van der Waals surface area contributed by atoms with Crippen molar-refractivity contribution in [1.29, 1.82) is 0 Å². The average molecular weight is 384 g/mol. The monoisotopic (exact) mass is 384 g/mol. The van der Waals surface area contributed by atoms with Gasteiger partial charge in [-0.15, -0.1) is 0 Å². The van der Waals surface area contributed by atoms with Crippen LogP contribution in [0.4, 0.5) is 0 Å². The topological polar surface area (TPSA) is 183 Å². The summed E-state index contributed by atoms with van der Waals surface area (Å²) in [5, 5.41) is 37.1. The van der Waals surface area contributed by atoms with Crippen LogP contribution in [0.25, 0.3) is 22.9 Å². The first-order valence-electron chi connectivity index (χ1n) is 7.43. The number of aromatic carboxylic acids is 4. The molecule has 0 radical (unpaired) electrons. The molecule has 3 rings (SSSR count). The number of rotatable bonds is 4. The molecule has 0 saturated carbocycles. The SMILES string of the molecule is O=C1C=c2cc3c(C(=O)O)c(C(=O)O)c(C(=O)O)c(C(=O)O)c3cc2=CC1=O. The molecule has 1 aliphatic rings. The van der Waals surface area contributed by atoms with Crippen molar-refractivity contribution in [2.75, 3.05) is 0 Å². The van der Waals surface area contributed by atoms with E-state index < -0.39 is 68.5 Å². The van der Waals surface area contributed by atoms with Crippen LogP contribution in [0, 0.1) is 0 Å². The van der Waals surface area contributed by atoms with Gasteiger partial charge in [0.05, 0.1) is 22.3 Å². The van der Waals surface area contributed by atoms with E-state index in [9.17, 15) is 49.2 Å². The Bertz CT molecular complexity index is 1200. The molecule has 140 valence electrons. The molecule has 0 amide bonds. The van der Waals surface area contributed by atoms with Crippen molar-refractivity contribution in [1.82, 2.24) is 0 Å². The van der Waals surface area contributed by atoms with Gasteiger partial charge in [0.25, 0.3) is 0 Å². The van der Waals surface area contributed by atoms with Gasteiger partial charge in [0.15, 0.2) is 0 Å². The molecule has 28 heavy (non-hydrogen) atoms. The molecular formula is C18H8O10. The maximum absolute atomic E-state index is 11.7. The van der Waals surface area contributed by atoms with E-state index in [0.717, 1.165) is 24.3 Å². The standard InChI is InChI=1S/C18H8O10/c19-9-3-5-1-7-8(2-6(5)4-10(9)20)12(16(23)24)14(18(27)28)13(17(25)26)11(7)15(21)22/h1-4H,(H,21,22)(H,23,24)(H,25,26)(H,27,28). The van der Waals surface area contributed by atoms with E-state index in [1.165, 1.54) is 0 Å². The first kappa shape index (κ1) is 18.5. The lowest BCUT2D eigenvalue weighted by Gasteiger charge is -2.15. The molecule has 0 aromatic heterocycles. The molecule has 2 aromatic rings. The summed E-state index contributed by atoms with van der Waals surface area (Å²) in [6.07, 6.45) is 1.80. The number of benzene rings is 2. The van der Waals surface area contributed by atoms with Gasteiger partial charge in [0.2, 0.25) is 11.6 Å². The molecule has 4 N–H and O–H groups in total. The summed E-state index contributed by atoms with van der Waals surface area (Å²) in [5.41, 5.74) is -4.28. The fourth-order valence-corrected chi connectivity index (χ4v) is 3.11. The predicted molar refractivity (Wildman–Crippen MR) is 90.0 cm³/mol. The Hall–Kier alpha value is -4.34. The molecule has 10 nitrogen and oxygen atoms in total. The summed E-state index contributed by atoms with van der Waals surface area (Å²) in [6, 6.07) is 2.08. The van der Waals surface area contributed by atoms with E-state index in [1.54, 1.807) is 0 Å². The van der Waals surface area contributed by atoms with Crippen LogP contribution >= 0.6 is 0 Å². The molecule has 0 fully saturated rings. The van der Waals surface area contributed by atoms with Crippen molar-refractivity contribution >= 4 is 58.4 Å². The van der Waals surface area contributed by atoms with Crippen LogP contribution < -0.4 is 10.4 Å². The predicted octanol–water partition coefficient (Wildman–Crippen LogP) is -0.655. The van der Waals surface area contributed by atoms with Crippen molar-refractivity contribution in [2.45, 2.75) is 0 Å². The maximum atomic E-state index is 11.7. The smallest absolute Gasteiger partial charge is 0.337 e. The number of carboxylic acid groups (broad SMARTS) is 4. The minimum absolute atomic E-state index is 0.0651. The van der Waals surface area contributed by atoms with Crippen LogP contribution in [-0.2, 0) is 9.59 Å². The van der Waals surface area contributed by atoms with Crippen LogP contribution in [-0.4, -0.2) is 55.9 Å². The van der Waals surface area contributed by atoms with Gasteiger partial charge in [0.1, 0.15) is 0 Å². The Kier molecular flexibility index (Phi) is 4.04. The lowest BCUT2D eigenvalue weighted by molar-refractivity contribution is -0.129. The second kappa shape index (κ2) is 6.13. The Morgan fingerprint density at radius 2 is 0.821 bits per heavy atom. The zero-order valence-corrected chi connectivity index (χ0v) is 13.5. The highest BCUT2D eigenvalue weighted by molar-refractivity contribution is 6.57. The van der Waals surface area contributed by atoms with Gasteiger partial charge in [0, 0.05) is 0 Å². The lowest BCUT2D eigenvalue weighted by atomic mass is 9.87. The van der Waals surface area contributed by atoms with Crippen LogP contribution in [0.15, 0.2) is 12.1 Å². The molecular weight excluding hydrogens is 376 g/mol. The van der Waals surface area contributed by atoms with Gasteiger partial charge in [-0.3, -0.25) is 9.59 Å². The number of Topliss-reactive ketones (excluding diaryl/α,β-unsaturated/α-hetero) is 2. The summed E-state index contributed by atoms with van der Waals surface area (Å²) >= 11 is 0. The molecule has 0 unspecified atom stereocenters. The molecule has 0 aliphatic heterocycles. The highest BCUT2D eigenvalue weighted by Gasteiger charge is 2.33. The number of ketones is 2. The first-order chi connectivity index (χ1) is 13.0. The van der Waals surface area contributed by atoms with Gasteiger partial charge in [-0.1, -0.05) is 0 Å². The molecule has 2 aromatic carbocycles. The highest BCUT2D eigenvalue weighted by atomic mass is 16.4. The highest BCUT2D eigenvalue weighted by Crippen LogP contribution is 2.30. The second-order valence-corrected chi connectivity index (χ2v) is 5.76. The summed E-state index contributed by atoms with van der Waals surface area (Å²) in [5.74, 6) is -9.30. The van der Waals surface area contributed by atoms with E-state index in [-0.39, 0.29) is 10.4 Å². The molecule has 10 heteroatoms. The largest absolute Gasteiger partial charge is 0.478 e. The third-order valence-corrected chi connectivity index (χ3v) is 4.18. The fraction of sp³-hybridized carbons (Fsp3) is 0. The number of carbonyl (C=O) groups is 6. The maximum Gasteiger partial charge on any atom is 0.337 e. The van der Waals surface area contributed by atoms with E-state index in [2.05, 4.69) is 0 Å². The molecule has 0 saturated heterocycles. The van der Waals surface area contributed by atoms with Crippen LogP contribution in [0.2, 0.25) is 0 Å². The van der Waals surface area contributed by atoms with E-state index >= 15 is 0 Å². The summed E-state index contributed by atoms with van der Waals surface area (Å²) in [6.45, 7) is 0. The quantitative estimate of drug-likeness (QED) is 0.494. The summed E-state index contributed by atoms with van der Waals surface area (Å²) in [4.78, 5) is 69.9. The molecule has 0 heterocycles. The zero-order valence-electron chi connectivity index (χ0n) is 13.5.